The van der Waals surface area contributed by atoms with Crippen molar-refractivity contribution >= 4 is 5.69 Å². The summed E-state index contributed by atoms with van der Waals surface area (Å²) in [5.74, 6) is 1.12. The van der Waals surface area contributed by atoms with E-state index < -0.39 is 0 Å². The zero-order valence-corrected chi connectivity index (χ0v) is 9.34. The molecule has 1 aromatic carbocycles. The molecule has 2 N–H and O–H groups in total. The summed E-state index contributed by atoms with van der Waals surface area (Å²) in [7, 11) is 0. The number of hydrogen-bond donors (Lipinski definition) is 1. The van der Waals surface area contributed by atoms with Gasteiger partial charge in [0.25, 0.3) is 0 Å². The van der Waals surface area contributed by atoms with Crippen molar-refractivity contribution < 1.29 is 4.74 Å². The average Bonchev–Trinajstić information content (AvgIpc) is 2.33. The Morgan fingerprint density at radius 2 is 2.12 bits per heavy atom. The molecule has 0 amide bonds. The number of benzene rings is 1. The van der Waals surface area contributed by atoms with E-state index in [9.17, 15) is 0 Å². The van der Waals surface area contributed by atoms with Crippen LogP contribution in [0.1, 0.15) is 11.3 Å². The molecule has 0 unspecified atom stereocenters. The lowest BCUT2D eigenvalue weighted by Gasteiger charge is -2.08. The molecule has 0 bridgehead atoms. The molecule has 17 heavy (non-hydrogen) atoms. The predicted molar refractivity (Wildman–Crippen MR) is 64.6 cm³/mol. The monoisotopic (exact) mass is 225 g/mol. The topological polar surface area (TPSA) is 71.9 Å². The van der Waals surface area contributed by atoms with Crippen LogP contribution in [0.25, 0.3) is 0 Å². The van der Waals surface area contributed by atoms with Crippen LogP contribution >= 0.6 is 0 Å². The first-order valence-corrected chi connectivity index (χ1v) is 5.09. The molecule has 0 aliphatic carbocycles. The molecule has 0 saturated carbocycles. The fourth-order valence-corrected chi connectivity index (χ4v) is 1.42. The number of anilines is 1. The Kier molecular flexibility index (Phi) is 2.93. The van der Waals surface area contributed by atoms with Crippen molar-refractivity contribution in [2.75, 3.05) is 5.73 Å². The fourth-order valence-electron chi connectivity index (χ4n) is 1.42. The van der Waals surface area contributed by atoms with Gasteiger partial charge in [-0.3, -0.25) is 0 Å². The van der Waals surface area contributed by atoms with Crippen LogP contribution in [0.5, 0.6) is 11.5 Å². The van der Waals surface area contributed by atoms with E-state index in [1.165, 1.54) is 6.20 Å². The summed E-state index contributed by atoms with van der Waals surface area (Å²) in [4.78, 5) is 3.86. The Balaban J connectivity index is 2.28. The number of nitrogens with two attached hydrogens (primary N) is 1. The highest BCUT2D eigenvalue weighted by molar-refractivity contribution is 5.55. The SMILES string of the molecule is Cc1ccc(Oc2ccnc(C#N)c2)c(N)c1. The zero-order chi connectivity index (χ0) is 12.3. The molecule has 0 atom stereocenters. The molecule has 4 heteroatoms. The van der Waals surface area contributed by atoms with Crippen molar-refractivity contribution in [3.8, 4) is 17.6 Å². The van der Waals surface area contributed by atoms with Crippen LogP contribution in [0.15, 0.2) is 36.5 Å². The Hall–Kier alpha value is -2.54. The van der Waals surface area contributed by atoms with Crippen molar-refractivity contribution in [2.45, 2.75) is 6.92 Å². The lowest BCUT2D eigenvalue weighted by molar-refractivity contribution is 0.484. The number of hydrogen-bond acceptors (Lipinski definition) is 4. The first kappa shape index (κ1) is 11.0. The van der Waals surface area contributed by atoms with E-state index in [1.54, 1.807) is 18.2 Å². The average molecular weight is 225 g/mol. The second kappa shape index (κ2) is 4.54. The molecule has 0 saturated heterocycles. The van der Waals surface area contributed by atoms with E-state index in [-0.39, 0.29) is 0 Å². The normalized spacial score (nSPS) is 9.65. The zero-order valence-electron chi connectivity index (χ0n) is 9.34. The summed E-state index contributed by atoms with van der Waals surface area (Å²) >= 11 is 0. The van der Waals surface area contributed by atoms with Crippen LogP contribution in [0, 0.1) is 18.3 Å². The highest BCUT2D eigenvalue weighted by Crippen LogP contribution is 2.27. The highest BCUT2D eigenvalue weighted by atomic mass is 16.5. The van der Waals surface area contributed by atoms with E-state index in [2.05, 4.69) is 4.98 Å². The van der Waals surface area contributed by atoms with Gasteiger partial charge < -0.3 is 10.5 Å². The summed E-state index contributed by atoms with van der Waals surface area (Å²) in [6.07, 6.45) is 1.53. The standard InChI is InChI=1S/C13H11N3O/c1-9-2-3-13(12(15)6-9)17-11-4-5-16-10(7-11)8-14/h2-7H,15H2,1H3. The van der Waals surface area contributed by atoms with Crippen LogP contribution in [0.4, 0.5) is 5.69 Å². The lowest BCUT2D eigenvalue weighted by atomic mass is 10.2. The largest absolute Gasteiger partial charge is 0.455 e. The van der Waals surface area contributed by atoms with E-state index in [1.807, 2.05) is 25.1 Å². The van der Waals surface area contributed by atoms with Crippen LogP contribution in [0.2, 0.25) is 0 Å². The van der Waals surface area contributed by atoms with Gasteiger partial charge in [-0.25, -0.2) is 4.98 Å². The van der Waals surface area contributed by atoms with E-state index in [0.717, 1.165) is 5.56 Å². The molecule has 0 aliphatic heterocycles. The Labute approximate surface area is 99.3 Å². The lowest BCUT2D eigenvalue weighted by Crippen LogP contribution is -1.93. The molecule has 2 rings (SSSR count). The molecule has 0 fully saturated rings. The molecule has 4 nitrogen and oxygen atoms in total. The summed E-state index contributed by atoms with van der Waals surface area (Å²) in [6.45, 7) is 1.96. The smallest absolute Gasteiger partial charge is 0.150 e. The van der Waals surface area contributed by atoms with E-state index in [0.29, 0.717) is 22.9 Å². The molecule has 0 spiro atoms. The van der Waals surface area contributed by atoms with Gasteiger partial charge in [-0.05, 0) is 30.7 Å². The van der Waals surface area contributed by atoms with Crippen molar-refractivity contribution in [1.29, 1.82) is 5.26 Å². The van der Waals surface area contributed by atoms with E-state index in [4.69, 9.17) is 15.7 Å². The molecule has 1 aromatic heterocycles. The summed E-state index contributed by atoms with van der Waals surface area (Å²) in [5.41, 5.74) is 7.79. The minimum Gasteiger partial charge on any atom is -0.455 e. The molecule has 1 heterocycles. The van der Waals surface area contributed by atoms with E-state index >= 15 is 0 Å². The molecular weight excluding hydrogens is 214 g/mol. The third kappa shape index (κ3) is 2.52. The minimum absolute atomic E-state index is 0.313. The van der Waals surface area contributed by atoms with Gasteiger partial charge in [-0.2, -0.15) is 5.26 Å². The van der Waals surface area contributed by atoms with Gasteiger partial charge in [0, 0.05) is 12.3 Å². The first-order valence-electron chi connectivity index (χ1n) is 5.09. The second-order valence-corrected chi connectivity index (χ2v) is 3.63. The molecule has 0 aliphatic rings. The second-order valence-electron chi connectivity index (χ2n) is 3.63. The minimum atomic E-state index is 0.313. The number of nitrogen functional groups attached to an aromatic ring is 1. The maximum Gasteiger partial charge on any atom is 0.150 e. The van der Waals surface area contributed by atoms with Crippen molar-refractivity contribution in [2.24, 2.45) is 0 Å². The number of pyridine rings is 1. The number of aryl methyl sites for hydroxylation is 1. The van der Waals surface area contributed by atoms with Crippen LogP contribution < -0.4 is 10.5 Å². The third-order valence-electron chi connectivity index (χ3n) is 2.24. The quantitative estimate of drug-likeness (QED) is 0.797. The van der Waals surface area contributed by atoms with Crippen molar-refractivity contribution in [3.63, 3.8) is 0 Å². The number of nitriles is 1. The van der Waals surface area contributed by atoms with Crippen LogP contribution in [0.3, 0.4) is 0 Å². The number of aromatic nitrogens is 1. The third-order valence-corrected chi connectivity index (χ3v) is 2.24. The molecule has 2 aromatic rings. The molecular formula is C13H11N3O. The van der Waals surface area contributed by atoms with Gasteiger partial charge in [0.2, 0.25) is 0 Å². The van der Waals surface area contributed by atoms with Gasteiger partial charge in [-0.15, -0.1) is 0 Å². The van der Waals surface area contributed by atoms with Gasteiger partial charge in [-0.1, -0.05) is 6.07 Å². The maximum atomic E-state index is 8.73. The summed E-state index contributed by atoms with van der Waals surface area (Å²) in [5, 5.41) is 8.73. The Morgan fingerprint density at radius 1 is 1.29 bits per heavy atom. The summed E-state index contributed by atoms with van der Waals surface area (Å²) in [6, 6.07) is 10.8. The van der Waals surface area contributed by atoms with Gasteiger partial charge in [0.1, 0.15) is 23.3 Å². The molecule has 84 valence electrons. The number of nitrogens with zero attached hydrogens (tertiary/aromatic N) is 2. The number of ether oxygens (including phenoxy) is 1. The molecule has 0 radical (unpaired) electrons. The van der Waals surface area contributed by atoms with Crippen LogP contribution in [-0.4, -0.2) is 4.98 Å². The Bertz CT molecular complexity index is 587. The first-order chi connectivity index (χ1) is 8.19. The Morgan fingerprint density at radius 3 is 2.82 bits per heavy atom. The highest BCUT2D eigenvalue weighted by Gasteiger charge is 2.03. The van der Waals surface area contributed by atoms with Crippen LogP contribution in [-0.2, 0) is 0 Å². The number of rotatable bonds is 2. The van der Waals surface area contributed by atoms with Gasteiger partial charge in [0.15, 0.2) is 0 Å². The summed E-state index contributed by atoms with van der Waals surface area (Å²) < 4.78 is 5.59. The maximum absolute atomic E-state index is 8.73. The fraction of sp³-hybridized carbons (Fsp3) is 0.0769. The van der Waals surface area contributed by atoms with Crippen molar-refractivity contribution in [1.82, 2.24) is 4.98 Å². The van der Waals surface area contributed by atoms with Gasteiger partial charge >= 0.3 is 0 Å². The van der Waals surface area contributed by atoms with Crippen molar-refractivity contribution in [3.05, 3.63) is 47.8 Å². The van der Waals surface area contributed by atoms with Gasteiger partial charge in [0.05, 0.1) is 5.69 Å². The predicted octanol–water partition coefficient (Wildman–Crippen LogP) is 2.64.